The Kier molecular flexibility index (Phi) is 5.99. The van der Waals surface area contributed by atoms with Crippen LogP contribution in [0.15, 0.2) is 17.0 Å². The lowest BCUT2D eigenvalue weighted by Crippen LogP contribution is -2.38. The Labute approximate surface area is 138 Å². The lowest BCUT2D eigenvalue weighted by molar-refractivity contribution is 0.0322. The molecule has 1 aliphatic rings. The first-order valence-electron chi connectivity index (χ1n) is 6.24. The van der Waals surface area contributed by atoms with Gasteiger partial charge in [-0.1, -0.05) is 23.2 Å². The molecule has 0 bridgehead atoms. The van der Waals surface area contributed by atoms with E-state index >= 15 is 0 Å². The summed E-state index contributed by atoms with van der Waals surface area (Å²) in [5.74, 6) is 0.332. The van der Waals surface area contributed by atoms with Crippen molar-refractivity contribution in [2.75, 3.05) is 39.5 Å². The maximum Gasteiger partial charge on any atom is 0.262 e. The van der Waals surface area contributed by atoms with Gasteiger partial charge in [-0.15, -0.1) is 0 Å². The molecule has 1 fully saturated rings. The van der Waals surface area contributed by atoms with Gasteiger partial charge in [0.2, 0.25) is 0 Å². The molecule has 0 aromatic heterocycles. The van der Waals surface area contributed by atoms with Crippen molar-refractivity contribution in [1.82, 2.24) is 4.90 Å². The van der Waals surface area contributed by atoms with E-state index in [1.165, 1.54) is 12.1 Å². The molecule has 118 valence electrons. The van der Waals surface area contributed by atoms with E-state index in [2.05, 4.69) is 4.90 Å². The highest BCUT2D eigenvalue weighted by molar-refractivity contribution is 8.13. The summed E-state index contributed by atoms with van der Waals surface area (Å²) in [6, 6.07) is 2.55. The van der Waals surface area contributed by atoms with E-state index in [4.69, 9.17) is 43.4 Å². The van der Waals surface area contributed by atoms with E-state index in [0.29, 0.717) is 12.4 Å². The summed E-state index contributed by atoms with van der Waals surface area (Å²) in [6.45, 7) is 4.31. The predicted molar refractivity (Wildman–Crippen MR) is 82.3 cm³/mol. The second kappa shape index (κ2) is 7.35. The molecule has 0 N–H and O–H groups in total. The topological polar surface area (TPSA) is 55.8 Å². The average Bonchev–Trinajstić information content (AvgIpc) is 2.42. The van der Waals surface area contributed by atoms with Crippen molar-refractivity contribution in [3.8, 4) is 5.75 Å². The van der Waals surface area contributed by atoms with Gasteiger partial charge in [-0.3, -0.25) is 4.90 Å². The van der Waals surface area contributed by atoms with Crippen molar-refractivity contribution in [2.24, 2.45) is 0 Å². The summed E-state index contributed by atoms with van der Waals surface area (Å²) in [5.41, 5.74) is 0. The van der Waals surface area contributed by atoms with Crippen molar-refractivity contribution in [3.63, 3.8) is 0 Å². The lowest BCUT2D eigenvalue weighted by Gasteiger charge is -2.26. The Morgan fingerprint density at radius 3 is 2.48 bits per heavy atom. The third-order valence-electron chi connectivity index (χ3n) is 3.02. The number of hydrogen-bond acceptors (Lipinski definition) is 5. The van der Waals surface area contributed by atoms with E-state index < -0.39 is 9.05 Å². The quantitative estimate of drug-likeness (QED) is 0.742. The Morgan fingerprint density at radius 2 is 1.86 bits per heavy atom. The van der Waals surface area contributed by atoms with Gasteiger partial charge >= 0.3 is 0 Å². The number of halogens is 3. The maximum absolute atomic E-state index is 11.3. The second-order valence-corrected chi connectivity index (χ2v) is 7.80. The number of morpholine rings is 1. The fraction of sp³-hybridized carbons (Fsp3) is 0.500. The van der Waals surface area contributed by atoms with Crippen LogP contribution in [0.5, 0.6) is 5.75 Å². The van der Waals surface area contributed by atoms with Crippen molar-refractivity contribution in [2.45, 2.75) is 4.90 Å². The minimum atomic E-state index is -3.93. The average molecular weight is 375 g/mol. The SMILES string of the molecule is O=S(=O)(Cl)c1cc(Cl)c(OCCN2CCOCC2)cc1Cl. The summed E-state index contributed by atoms with van der Waals surface area (Å²) >= 11 is 11.9. The van der Waals surface area contributed by atoms with Crippen LogP contribution in [0, 0.1) is 0 Å². The number of hydrogen-bond donors (Lipinski definition) is 0. The summed E-state index contributed by atoms with van der Waals surface area (Å²) in [4.78, 5) is 1.98. The molecular formula is C12H14Cl3NO4S. The minimum Gasteiger partial charge on any atom is -0.491 e. The molecule has 0 unspecified atom stereocenters. The summed E-state index contributed by atoms with van der Waals surface area (Å²) < 4.78 is 33.4. The Balaban J connectivity index is 1.99. The molecule has 1 aliphatic heterocycles. The molecule has 21 heavy (non-hydrogen) atoms. The van der Waals surface area contributed by atoms with Crippen molar-refractivity contribution < 1.29 is 17.9 Å². The van der Waals surface area contributed by atoms with E-state index in [9.17, 15) is 8.42 Å². The van der Waals surface area contributed by atoms with Crippen LogP contribution in [0.4, 0.5) is 0 Å². The molecular weight excluding hydrogens is 361 g/mol. The van der Waals surface area contributed by atoms with Gasteiger partial charge in [0.1, 0.15) is 17.3 Å². The number of benzene rings is 1. The van der Waals surface area contributed by atoms with Crippen molar-refractivity contribution in [3.05, 3.63) is 22.2 Å². The van der Waals surface area contributed by atoms with Crippen LogP contribution >= 0.6 is 33.9 Å². The van der Waals surface area contributed by atoms with Crippen LogP contribution in [-0.4, -0.2) is 52.8 Å². The van der Waals surface area contributed by atoms with Gasteiger partial charge in [0.05, 0.1) is 23.3 Å². The van der Waals surface area contributed by atoms with E-state index in [1.54, 1.807) is 0 Å². The summed E-state index contributed by atoms with van der Waals surface area (Å²) in [7, 11) is 1.33. The number of nitrogens with zero attached hydrogens (tertiary/aromatic N) is 1. The molecule has 0 amide bonds. The standard InChI is InChI=1S/C12H14Cl3NO4S/c13-9-8-12(21(15,17)18)10(14)7-11(9)20-6-3-16-1-4-19-5-2-16/h7-8H,1-6H2. The highest BCUT2D eigenvalue weighted by atomic mass is 35.7. The molecule has 5 nitrogen and oxygen atoms in total. The zero-order chi connectivity index (χ0) is 15.5. The first-order chi connectivity index (χ1) is 9.88. The van der Waals surface area contributed by atoms with E-state index in [0.717, 1.165) is 32.8 Å². The van der Waals surface area contributed by atoms with Gasteiger partial charge < -0.3 is 9.47 Å². The first kappa shape index (κ1) is 17.1. The summed E-state index contributed by atoms with van der Waals surface area (Å²) in [6.07, 6.45) is 0. The van der Waals surface area contributed by atoms with Crippen molar-refractivity contribution in [1.29, 1.82) is 0 Å². The monoisotopic (exact) mass is 373 g/mol. The van der Waals surface area contributed by atoms with E-state index in [1.807, 2.05) is 0 Å². The molecule has 2 rings (SSSR count). The molecule has 1 aromatic rings. The first-order valence-corrected chi connectivity index (χ1v) is 9.31. The lowest BCUT2D eigenvalue weighted by atomic mass is 10.3. The van der Waals surface area contributed by atoms with Crippen LogP contribution in [-0.2, 0) is 13.8 Å². The van der Waals surface area contributed by atoms with Gasteiger partial charge in [0.15, 0.2) is 0 Å². The Morgan fingerprint density at radius 1 is 1.19 bits per heavy atom. The second-order valence-electron chi connectivity index (χ2n) is 4.45. The van der Waals surface area contributed by atoms with Crippen LogP contribution in [0.1, 0.15) is 0 Å². The molecule has 1 saturated heterocycles. The molecule has 0 spiro atoms. The van der Waals surface area contributed by atoms with Crippen molar-refractivity contribution >= 4 is 42.9 Å². The smallest absolute Gasteiger partial charge is 0.262 e. The van der Waals surface area contributed by atoms with E-state index in [-0.39, 0.29) is 14.9 Å². The van der Waals surface area contributed by atoms with Gasteiger partial charge in [0.25, 0.3) is 9.05 Å². The van der Waals surface area contributed by atoms with Crippen LogP contribution in [0.2, 0.25) is 10.0 Å². The van der Waals surface area contributed by atoms with Gasteiger partial charge in [-0.05, 0) is 6.07 Å². The molecule has 1 aromatic carbocycles. The van der Waals surface area contributed by atoms with Crippen LogP contribution in [0.3, 0.4) is 0 Å². The third-order valence-corrected chi connectivity index (χ3v) is 5.10. The normalized spacial score (nSPS) is 16.9. The molecule has 0 saturated carbocycles. The Bertz CT molecular complexity index is 603. The van der Waals surface area contributed by atoms with Gasteiger partial charge in [-0.25, -0.2) is 8.42 Å². The maximum atomic E-state index is 11.3. The van der Waals surface area contributed by atoms with Crippen LogP contribution < -0.4 is 4.74 Å². The molecule has 0 aliphatic carbocycles. The molecule has 1 heterocycles. The minimum absolute atomic E-state index is 0.0178. The zero-order valence-corrected chi connectivity index (χ0v) is 14.1. The number of ether oxygens (including phenoxy) is 2. The molecule has 9 heteroatoms. The summed E-state index contributed by atoms with van der Waals surface area (Å²) in [5, 5.41) is 0.136. The fourth-order valence-electron chi connectivity index (χ4n) is 1.92. The fourth-order valence-corrected chi connectivity index (χ4v) is 3.71. The van der Waals surface area contributed by atoms with Crippen LogP contribution in [0.25, 0.3) is 0 Å². The zero-order valence-electron chi connectivity index (χ0n) is 11.0. The largest absolute Gasteiger partial charge is 0.491 e. The Hall–Kier alpha value is -0.240. The molecule has 0 atom stereocenters. The third kappa shape index (κ3) is 4.87. The number of rotatable bonds is 5. The van der Waals surface area contributed by atoms with Gasteiger partial charge in [-0.2, -0.15) is 0 Å². The van der Waals surface area contributed by atoms with Gasteiger partial charge in [0, 0.05) is 36.4 Å². The highest BCUT2D eigenvalue weighted by Gasteiger charge is 2.18. The highest BCUT2D eigenvalue weighted by Crippen LogP contribution is 2.34. The predicted octanol–water partition coefficient (Wildman–Crippen LogP) is 2.63. The molecule has 0 radical (unpaired) electrons.